The molecule has 1 amide bonds. The molecule has 3 rings (SSSR count). The van der Waals surface area contributed by atoms with Crippen LogP contribution in [-0.4, -0.2) is 62.8 Å². The molecular formula is C16H22N4O4. The Morgan fingerprint density at radius 3 is 2.71 bits per heavy atom. The first-order chi connectivity index (χ1) is 11.7. The van der Waals surface area contributed by atoms with Gasteiger partial charge in [-0.3, -0.25) is 4.79 Å². The molecule has 2 aliphatic heterocycles. The molecule has 1 saturated heterocycles. The number of carbonyl (C=O) groups excluding carboxylic acids is 1. The summed E-state index contributed by atoms with van der Waals surface area (Å²) >= 11 is 0. The lowest BCUT2D eigenvalue weighted by Gasteiger charge is -2.26. The molecule has 1 aromatic carbocycles. The number of benzene rings is 1. The Morgan fingerprint density at radius 1 is 1.17 bits per heavy atom. The lowest BCUT2D eigenvalue weighted by molar-refractivity contribution is -0.133. The van der Waals surface area contributed by atoms with E-state index in [1.165, 1.54) is 0 Å². The van der Waals surface area contributed by atoms with Gasteiger partial charge in [0.25, 0.3) is 0 Å². The molecule has 0 aliphatic carbocycles. The van der Waals surface area contributed by atoms with E-state index in [-0.39, 0.29) is 18.4 Å². The molecule has 2 heterocycles. The van der Waals surface area contributed by atoms with Crippen molar-refractivity contribution < 1.29 is 19.0 Å². The van der Waals surface area contributed by atoms with Crippen molar-refractivity contribution in [1.82, 2.24) is 4.90 Å². The number of hydrogen-bond donors (Lipinski definition) is 2. The molecule has 0 bridgehead atoms. The summed E-state index contributed by atoms with van der Waals surface area (Å²) in [5.41, 5.74) is 6.60. The van der Waals surface area contributed by atoms with E-state index in [2.05, 4.69) is 10.3 Å². The van der Waals surface area contributed by atoms with Crippen LogP contribution < -0.4 is 20.5 Å². The molecular weight excluding hydrogens is 312 g/mol. The SMILES string of the molecule is NC(=NCC(=O)N1CCOCC1)Nc1ccc2c(c1)OCCCO2. The second kappa shape index (κ2) is 7.87. The van der Waals surface area contributed by atoms with Gasteiger partial charge in [0.05, 0.1) is 26.4 Å². The van der Waals surface area contributed by atoms with Crippen molar-refractivity contribution in [2.75, 3.05) is 51.4 Å². The largest absolute Gasteiger partial charge is 0.490 e. The highest BCUT2D eigenvalue weighted by atomic mass is 16.5. The molecule has 0 spiro atoms. The van der Waals surface area contributed by atoms with Gasteiger partial charge in [0.2, 0.25) is 5.91 Å². The Kier molecular flexibility index (Phi) is 5.37. The van der Waals surface area contributed by atoms with E-state index >= 15 is 0 Å². The predicted molar refractivity (Wildman–Crippen MR) is 89.6 cm³/mol. The molecule has 3 N–H and O–H groups in total. The minimum absolute atomic E-state index is 0.0172. The van der Waals surface area contributed by atoms with Gasteiger partial charge in [-0.25, -0.2) is 4.99 Å². The van der Waals surface area contributed by atoms with Crippen molar-refractivity contribution in [2.45, 2.75) is 6.42 Å². The van der Waals surface area contributed by atoms with Crippen LogP contribution in [0.3, 0.4) is 0 Å². The smallest absolute Gasteiger partial charge is 0.244 e. The Morgan fingerprint density at radius 2 is 1.92 bits per heavy atom. The van der Waals surface area contributed by atoms with Crippen LogP contribution in [0.1, 0.15) is 6.42 Å². The van der Waals surface area contributed by atoms with Crippen LogP contribution in [0.2, 0.25) is 0 Å². The Labute approximate surface area is 140 Å². The summed E-state index contributed by atoms with van der Waals surface area (Å²) in [5, 5.41) is 2.97. The lowest BCUT2D eigenvalue weighted by atomic mass is 10.3. The number of anilines is 1. The number of nitrogens with two attached hydrogens (primary N) is 1. The number of guanidine groups is 1. The van der Waals surface area contributed by atoms with Gasteiger partial charge < -0.3 is 30.2 Å². The third kappa shape index (κ3) is 4.29. The number of nitrogens with zero attached hydrogens (tertiary/aromatic N) is 2. The fourth-order valence-electron chi connectivity index (χ4n) is 2.49. The van der Waals surface area contributed by atoms with Crippen LogP contribution in [0.25, 0.3) is 0 Å². The van der Waals surface area contributed by atoms with Gasteiger partial charge in [0.15, 0.2) is 17.5 Å². The predicted octanol–water partition coefficient (Wildman–Crippen LogP) is 0.433. The number of ether oxygens (including phenoxy) is 3. The highest BCUT2D eigenvalue weighted by molar-refractivity contribution is 5.94. The summed E-state index contributed by atoms with van der Waals surface area (Å²) in [6, 6.07) is 5.47. The van der Waals surface area contributed by atoms with Gasteiger partial charge in [-0.1, -0.05) is 0 Å². The number of aliphatic imine (C=N–C) groups is 1. The van der Waals surface area contributed by atoms with Gasteiger partial charge in [0.1, 0.15) is 6.54 Å². The number of nitrogens with one attached hydrogen (secondary N) is 1. The highest BCUT2D eigenvalue weighted by Gasteiger charge is 2.16. The molecule has 0 unspecified atom stereocenters. The molecule has 24 heavy (non-hydrogen) atoms. The lowest BCUT2D eigenvalue weighted by Crippen LogP contribution is -2.42. The maximum Gasteiger partial charge on any atom is 0.244 e. The molecule has 1 aromatic rings. The van der Waals surface area contributed by atoms with E-state index in [9.17, 15) is 4.79 Å². The van der Waals surface area contributed by atoms with Crippen LogP contribution >= 0.6 is 0 Å². The van der Waals surface area contributed by atoms with E-state index in [4.69, 9.17) is 19.9 Å². The quantitative estimate of drug-likeness (QED) is 0.614. The normalized spacial score (nSPS) is 18.0. The molecule has 0 aromatic heterocycles. The third-order valence-corrected chi connectivity index (χ3v) is 3.77. The van der Waals surface area contributed by atoms with E-state index < -0.39 is 0 Å². The summed E-state index contributed by atoms with van der Waals surface area (Å²) in [7, 11) is 0. The van der Waals surface area contributed by atoms with Crippen molar-refractivity contribution in [2.24, 2.45) is 10.7 Å². The van der Waals surface area contributed by atoms with Gasteiger partial charge in [-0.05, 0) is 12.1 Å². The molecule has 8 heteroatoms. The van der Waals surface area contributed by atoms with E-state index in [0.29, 0.717) is 45.3 Å². The molecule has 1 fully saturated rings. The average molecular weight is 334 g/mol. The standard InChI is InChI=1S/C16H22N4O4/c17-16(18-11-15(21)20-4-8-22-9-5-20)19-12-2-3-13-14(10-12)24-7-1-6-23-13/h2-3,10H,1,4-9,11H2,(H3,17,18,19). The first-order valence-electron chi connectivity index (χ1n) is 8.04. The maximum atomic E-state index is 12.0. The van der Waals surface area contributed by atoms with Gasteiger partial charge in [-0.15, -0.1) is 0 Å². The molecule has 8 nitrogen and oxygen atoms in total. The number of hydrogen-bond acceptors (Lipinski definition) is 5. The third-order valence-electron chi connectivity index (χ3n) is 3.77. The number of morpholine rings is 1. The molecule has 0 radical (unpaired) electrons. The molecule has 2 aliphatic rings. The zero-order valence-corrected chi connectivity index (χ0v) is 13.5. The minimum Gasteiger partial charge on any atom is -0.490 e. The van der Waals surface area contributed by atoms with E-state index in [1.807, 2.05) is 18.2 Å². The highest BCUT2D eigenvalue weighted by Crippen LogP contribution is 2.32. The topological polar surface area (TPSA) is 98.4 Å². The van der Waals surface area contributed by atoms with Gasteiger partial charge in [0, 0.05) is 31.3 Å². The van der Waals surface area contributed by atoms with Crippen LogP contribution in [0.5, 0.6) is 11.5 Å². The number of rotatable bonds is 3. The summed E-state index contributed by atoms with van der Waals surface area (Å²) in [6.45, 7) is 3.62. The van der Waals surface area contributed by atoms with E-state index in [1.54, 1.807) is 4.90 Å². The first kappa shape index (κ1) is 16.4. The van der Waals surface area contributed by atoms with Gasteiger partial charge >= 0.3 is 0 Å². The molecule has 0 atom stereocenters. The monoisotopic (exact) mass is 334 g/mol. The number of fused-ring (bicyclic) bond motifs is 1. The Hall–Kier alpha value is -2.48. The molecule has 130 valence electrons. The summed E-state index contributed by atoms with van der Waals surface area (Å²) in [5.74, 6) is 1.53. The average Bonchev–Trinajstić information content (AvgIpc) is 2.85. The molecule has 0 saturated carbocycles. The first-order valence-corrected chi connectivity index (χ1v) is 8.04. The number of amides is 1. The van der Waals surface area contributed by atoms with E-state index in [0.717, 1.165) is 17.9 Å². The minimum atomic E-state index is -0.0540. The van der Waals surface area contributed by atoms with Gasteiger partial charge in [-0.2, -0.15) is 0 Å². The van der Waals surface area contributed by atoms with Crippen molar-refractivity contribution in [3.05, 3.63) is 18.2 Å². The van der Waals surface area contributed by atoms with Crippen molar-refractivity contribution >= 4 is 17.6 Å². The van der Waals surface area contributed by atoms with Crippen LogP contribution in [-0.2, 0) is 9.53 Å². The second-order valence-corrected chi connectivity index (χ2v) is 5.53. The fourth-order valence-corrected chi connectivity index (χ4v) is 2.49. The van der Waals surface area contributed by atoms with Crippen molar-refractivity contribution in [3.63, 3.8) is 0 Å². The van der Waals surface area contributed by atoms with Crippen LogP contribution in [0, 0.1) is 0 Å². The fraction of sp³-hybridized carbons (Fsp3) is 0.500. The Balaban J connectivity index is 1.56. The summed E-state index contributed by atoms with van der Waals surface area (Å²) < 4.78 is 16.4. The summed E-state index contributed by atoms with van der Waals surface area (Å²) in [6.07, 6.45) is 0.852. The number of carbonyl (C=O) groups is 1. The van der Waals surface area contributed by atoms with Crippen molar-refractivity contribution in [3.8, 4) is 11.5 Å². The summed E-state index contributed by atoms with van der Waals surface area (Å²) in [4.78, 5) is 17.9. The van der Waals surface area contributed by atoms with Crippen LogP contribution in [0.15, 0.2) is 23.2 Å². The maximum absolute atomic E-state index is 12.0. The zero-order chi connectivity index (χ0) is 16.8. The van der Waals surface area contributed by atoms with Crippen molar-refractivity contribution in [1.29, 1.82) is 0 Å². The zero-order valence-electron chi connectivity index (χ0n) is 13.5. The van der Waals surface area contributed by atoms with Crippen LogP contribution in [0.4, 0.5) is 5.69 Å². The Bertz CT molecular complexity index is 614. The second-order valence-electron chi connectivity index (χ2n) is 5.53.